The number of halogens is 1. The summed E-state index contributed by atoms with van der Waals surface area (Å²) in [7, 11) is 1.57. The van der Waals surface area contributed by atoms with E-state index < -0.39 is 0 Å². The lowest BCUT2D eigenvalue weighted by molar-refractivity contribution is -0.123. The third-order valence-electron chi connectivity index (χ3n) is 3.74. The van der Waals surface area contributed by atoms with Gasteiger partial charge in [0, 0.05) is 18.6 Å². The molecule has 0 spiro atoms. The van der Waals surface area contributed by atoms with E-state index >= 15 is 0 Å². The minimum Gasteiger partial charge on any atom is -0.495 e. The second-order valence-corrected chi connectivity index (χ2v) is 5.81. The zero-order valence-electron chi connectivity index (χ0n) is 12.9. The van der Waals surface area contributed by atoms with Gasteiger partial charge in [-0.2, -0.15) is 0 Å². The van der Waals surface area contributed by atoms with E-state index in [4.69, 9.17) is 21.4 Å². The van der Waals surface area contributed by atoms with Crippen LogP contribution in [0.5, 0.6) is 5.75 Å². The van der Waals surface area contributed by atoms with E-state index in [1.165, 1.54) is 0 Å². The Hall–Kier alpha value is -1.26. The summed E-state index contributed by atoms with van der Waals surface area (Å²) in [5, 5.41) is 12.6. The number of carbonyl (C=O) groups is 1. The fourth-order valence-corrected chi connectivity index (χ4v) is 2.38. The SMILES string of the molecule is CCC(C)(CCO)NC(=O)CCc1ccc(OC)c(Cl)c1. The first-order valence-corrected chi connectivity index (χ1v) is 7.56. The number of aliphatic hydroxyl groups excluding tert-OH is 1. The van der Waals surface area contributed by atoms with Crippen LogP contribution in [-0.2, 0) is 11.2 Å². The maximum atomic E-state index is 12.0. The van der Waals surface area contributed by atoms with E-state index in [2.05, 4.69) is 5.32 Å². The van der Waals surface area contributed by atoms with Crippen molar-refractivity contribution < 1.29 is 14.6 Å². The number of rotatable bonds is 8. The Kier molecular flexibility index (Phi) is 6.99. The minimum atomic E-state index is -0.344. The number of benzene rings is 1. The van der Waals surface area contributed by atoms with E-state index in [0.717, 1.165) is 12.0 Å². The molecule has 1 atom stereocenters. The van der Waals surface area contributed by atoms with Crippen molar-refractivity contribution >= 4 is 17.5 Å². The molecule has 0 aliphatic rings. The van der Waals surface area contributed by atoms with Crippen LogP contribution in [0.3, 0.4) is 0 Å². The van der Waals surface area contributed by atoms with Crippen LogP contribution in [0.15, 0.2) is 18.2 Å². The number of aliphatic hydroxyl groups is 1. The highest BCUT2D eigenvalue weighted by Gasteiger charge is 2.23. The standard InChI is InChI=1S/C16H24ClNO3/c1-4-16(2,9-10-19)18-15(20)8-6-12-5-7-14(21-3)13(17)11-12/h5,7,11,19H,4,6,8-10H2,1-3H3,(H,18,20). The smallest absolute Gasteiger partial charge is 0.220 e. The van der Waals surface area contributed by atoms with Crippen molar-refractivity contribution in [1.82, 2.24) is 5.32 Å². The third-order valence-corrected chi connectivity index (χ3v) is 4.04. The second kappa shape index (κ2) is 8.25. The highest BCUT2D eigenvalue weighted by atomic mass is 35.5. The second-order valence-electron chi connectivity index (χ2n) is 5.40. The van der Waals surface area contributed by atoms with Crippen LogP contribution in [-0.4, -0.2) is 30.3 Å². The van der Waals surface area contributed by atoms with Crippen molar-refractivity contribution in [1.29, 1.82) is 0 Å². The number of hydrogen-bond donors (Lipinski definition) is 2. The quantitative estimate of drug-likeness (QED) is 0.776. The molecule has 0 fully saturated rings. The van der Waals surface area contributed by atoms with E-state index in [0.29, 0.717) is 30.0 Å². The van der Waals surface area contributed by atoms with Crippen molar-refractivity contribution in [2.75, 3.05) is 13.7 Å². The van der Waals surface area contributed by atoms with Crippen molar-refractivity contribution in [3.63, 3.8) is 0 Å². The Labute approximate surface area is 131 Å². The van der Waals surface area contributed by atoms with Gasteiger partial charge in [0.05, 0.1) is 12.1 Å². The van der Waals surface area contributed by atoms with Gasteiger partial charge in [0.1, 0.15) is 5.75 Å². The van der Waals surface area contributed by atoms with Gasteiger partial charge in [-0.15, -0.1) is 0 Å². The molecule has 0 radical (unpaired) electrons. The highest BCUT2D eigenvalue weighted by Crippen LogP contribution is 2.25. The Bertz CT molecular complexity index is 479. The molecule has 0 saturated heterocycles. The first kappa shape index (κ1) is 17.8. The third kappa shape index (κ3) is 5.56. The maximum Gasteiger partial charge on any atom is 0.220 e. The van der Waals surface area contributed by atoms with Crippen LogP contribution in [0, 0.1) is 0 Å². The van der Waals surface area contributed by atoms with E-state index in [1.807, 2.05) is 26.0 Å². The molecular formula is C16H24ClNO3. The van der Waals surface area contributed by atoms with Gasteiger partial charge in [0.25, 0.3) is 0 Å². The summed E-state index contributed by atoms with van der Waals surface area (Å²) in [5.41, 5.74) is 0.653. The van der Waals surface area contributed by atoms with Crippen LogP contribution in [0.2, 0.25) is 5.02 Å². The van der Waals surface area contributed by atoms with Gasteiger partial charge in [-0.05, 0) is 43.9 Å². The molecule has 0 aromatic heterocycles. The Morgan fingerprint density at radius 1 is 1.48 bits per heavy atom. The molecule has 0 heterocycles. The van der Waals surface area contributed by atoms with Gasteiger partial charge in [-0.25, -0.2) is 0 Å². The molecule has 0 aliphatic heterocycles. The molecule has 21 heavy (non-hydrogen) atoms. The normalized spacial score (nSPS) is 13.6. The van der Waals surface area contributed by atoms with Crippen molar-refractivity contribution in [3.05, 3.63) is 28.8 Å². The van der Waals surface area contributed by atoms with Crippen LogP contribution in [0.1, 0.15) is 38.7 Å². The van der Waals surface area contributed by atoms with Gasteiger partial charge in [0.15, 0.2) is 0 Å². The Morgan fingerprint density at radius 2 is 2.19 bits per heavy atom. The molecule has 1 aromatic carbocycles. The lowest BCUT2D eigenvalue weighted by atomic mass is 9.94. The van der Waals surface area contributed by atoms with Crippen LogP contribution in [0.4, 0.5) is 0 Å². The largest absolute Gasteiger partial charge is 0.495 e. The summed E-state index contributed by atoms with van der Waals surface area (Å²) in [5.74, 6) is 0.617. The number of amides is 1. The molecule has 0 bridgehead atoms. The molecular weight excluding hydrogens is 290 g/mol. The van der Waals surface area contributed by atoms with Crippen molar-refractivity contribution in [2.45, 2.75) is 45.1 Å². The van der Waals surface area contributed by atoms with Gasteiger partial charge >= 0.3 is 0 Å². The fourth-order valence-electron chi connectivity index (χ4n) is 2.10. The molecule has 0 saturated carbocycles. The lowest BCUT2D eigenvalue weighted by Crippen LogP contribution is -2.46. The van der Waals surface area contributed by atoms with E-state index in [1.54, 1.807) is 13.2 Å². The summed E-state index contributed by atoms with van der Waals surface area (Å²) in [4.78, 5) is 12.0. The minimum absolute atomic E-state index is 0.0141. The van der Waals surface area contributed by atoms with E-state index in [-0.39, 0.29) is 18.1 Å². The number of ether oxygens (including phenoxy) is 1. The first-order chi connectivity index (χ1) is 9.94. The molecule has 1 unspecified atom stereocenters. The molecule has 1 aromatic rings. The van der Waals surface area contributed by atoms with Crippen LogP contribution < -0.4 is 10.1 Å². The molecule has 5 heteroatoms. The number of carbonyl (C=O) groups excluding carboxylic acids is 1. The topological polar surface area (TPSA) is 58.6 Å². The highest BCUT2D eigenvalue weighted by molar-refractivity contribution is 6.32. The van der Waals surface area contributed by atoms with Gasteiger partial charge in [-0.1, -0.05) is 24.6 Å². The number of methoxy groups -OCH3 is 1. The van der Waals surface area contributed by atoms with Crippen molar-refractivity contribution in [2.24, 2.45) is 0 Å². The molecule has 1 rings (SSSR count). The maximum absolute atomic E-state index is 12.0. The lowest BCUT2D eigenvalue weighted by Gasteiger charge is -2.29. The predicted octanol–water partition coefficient (Wildman–Crippen LogP) is 2.95. The molecule has 4 nitrogen and oxygen atoms in total. The monoisotopic (exact) mass is 313 g/mol. The van der Waals surface area contributed by atoms with Crippen LogP contribution in [0.25, 0.3) is 0 Å². The zero-order chi connectivity index (χ0) is 15.9. The zero-order valence-corrected chi connectivity index (χ0v) is 13.7. The Morgan fingerprint density at radius 3 is 2.71 bits per heavy atom. The van der Waals surface area contributed by atoms with Crippen molar-refractivity contribution in [3.8, 4) is 5.75 Å². The first-order valence-electron chi connectivity index (χ1n) is 7.18. The number of aryl methyl sites for hydroxylation is 1. The number of hydrogen-bond acceptors (Lipinski definition) is 3. The molecule has 118 valence electrons. The fraction of sp³-hybridized carbons (Fsp3) is 0.562. The summed E-state index contributed by atoms with van der Waals surface area (Å²) >= 11 is 6.06. The molecule has 0 aliphatic carbocycles. The van der Waals surface area contributed by atoms with E-state index in [9.17, 15) is 4.79 Å². The summed E-state index contributed by atoms with van der Waals surface area (Å²) in [6, 6.07) is 5.53. The average molecular weight is 314 g/mol. The van der Waals surface area contributed by atoms with Gasteiger partial charge in [0.2, 0.25) is 5.91 Å². The average Bonchev–Trinajstić information content (AvgIpc) is 2.45. The predicted molar refractivity (Wildman–Crippen MR) is 84.9 cm³/mol. The van der Waals surface area contributed by atoms with Gasteiger partial charge < -0.3 is 15.2 Å². The summed E-state index contributed by atoms with van der Waals surface area (Å²) in [6.07, 6.45) is 2.36. The summed E-state index contributed by atoms with van der Waals surface area (Å²) in [6.45, 7) is 4.02. The number of nitrogens with one attached hydrogen (secondary N) is 1. The van der Waals surface area contributed by atoms with Gasteiger partial charge in [-0.3, -0.25) is 4.79 Å². The Balaban J connectivity index is 2.55. The molecule has 2 N–H and O–H groups in total. The van der Waals surface area contributed by atoms with Crippen LogP contribution >= 0.6 is 11.6 Å². The molecule has 1 amide bonds. The summed E-state index contributed by atoms with van der Waals surface area (Å²) < 4.78 is 5.10.